The summed E-state index contributed by atoms with van der Waals surface area (Å²) < 4.78 is 5.55. The van der Waals surface area contributed by atoms with E-state index in [-0.39, 0.29) is 0 Å². The van der Waals surface area contributed by atoms with Crippen LogP contribution in [-0.4, -0.2) is 61.4 Å². The molecule has 0 aromatic heterocycles. The van der Waals surface area contributed by atoms with Gasteiger partial charge in [-0.3, -0.25) is 4.90 Å². The molecule has 37 heavy (non-hydrogen) atoms. The smallest absolute Gasteiger partial charge is 0.336 e. The maximum Gasteiger partial charge on any atom is 0.336 e. The van der Waals surface area contributed by atoms with Crippen molar-refractivity contribution in [1.29, 1.82) is 0 Å². The lowest BCUT2D eigenvalue weighted by atomic mass is 9.75. The van der Waals surface area contributed by atoms with Crippen molar-refractivity contribution < 1.29 is 14.6 Å². The SMILES string of the molecule is [C-]#[N+]c1ccc2c(c1)CC(C(C)(C)c1ccc(CC)c(N3CCC(N4CCOCC4)CC3)c1)=C2C(=O)O. The molecule has 6 nitrogen and oxygen atoms in total. The minimum Gasteiger partial charge on any atom is -0.478 e. The van der Waals surface area contributed by atoms with E-state index in [4.69, 9.17) is 11.3 Å². The molecule has 0 amide bonds. The van der Waals surface area contributed by atoms with E-state index in [0.717, 1.165) is 80.9 Å². The molecule has 5 rings (SSSR count). The Balaban J connectivity index is 1.44. The standard InChI is InChI=1S/C31H37N3O3/c1-5-21-6-7-23(20-28(21)34-12-10-25(11-13-34)33-14-16-37-17-15-33)31(2,3)27-19-22-18-24(32-4)8-9-26(22)29(27)30(35)36/h6-9,18,20,25H,5,10-17,19H2,1-3H3,(H,35,36). The molecule has 0 atom stereocenters. The van der Waals surface area contributed by atoms with Gasteiger partial charge in [-0.2, -0.15) is 0 Å². The Hall–Kier alpha value is -3.14. The molecule has 0 spiro atoms. The van der Waals surface area contributed by atoms with Crippen molar-refractivity contribution in [2.45, 2.75) is 57.9 Å². The van der Waals surface area contributed by atoms with Crippen LogP contribution in [-0.2, 0) is 27.8 Å². The normalized spacial score (nSPS) is 19.1. The second kappa shape index (κ2) is 10.3. The first-order chi connectivity index (χ1) is 17.8. The van der Waals surface area contributed by atoms with E-state index in [9.17, 15) is 9.90 Å². The van der Waals surface area contributed by atoms with E-state index >= 15 is 0 Å². The highest BCUT2D eigenvalue weighted by Crippen LogP contribution is 2.46. The summed E-state index contributed by atoms with van der Waals surface area (Å²) >= 11 is 0. The Bertz CT molecular complexity index is 1260. The predicted molar refractivity (Wildman–Crippen MR) is 147 cm³/mol. The van der Waals surface area contributed by atoms with Crippen LogP contribution in [0.4, 0.5) is 11.4 Å². The van der Waals surface area contributed by atoms with E-state index in [2.05, 4.69) is 53.6 Å². The van der Waals surface area contributed by atoms with Crippen molar-refractivity contribution in [1.82, 2.24) is 4.90 Å². The molecule has 2 heterocycles. The van der Waals surface area contributed by atoms with Gasteiger partial charge < -0.3 is 14.7 Å². The molecule has 194 valence electrons. The summed E-state index contributed by atoms with van der Waals surface area (Å²) in [6, 6.07) is 12.7. The molecule has 2 fully saturated rings. The van der Waals surface area contributed by atoms with Gasteiger partial charge in [-0.05, 0) is 59.6 Å². The number of benzene rings is 2. The highest BCUT2D eigenvalue weighted by molar-refractivity contribution is 6.18. The molecule has 0 radical (unpaired) electrons. The summed E-state index contributed by atoms with van der Waals surface area (Å²) in [6.07, 6.45) is 3.84. The lowest BCUT2D eigenvalue weighted by molar-refractivity contribution is -0.130. The fraction of sp³-hybridized carbons (Fsp3) is 0.484. The second-order valence-corrected chi connectivity index (χ2v) is 11.0. The van der Waals surface area contributed by atoms with Crippen molar-refractivity contribution >= 4 is 22.9 Å². The lowest BCUT2D eigenvalue weighted by Gasteiger charge is -2.41. The van der Waals surface area contributed by atoms with Gasteiger partial charge >= 0.3 is 5.97 Å². The zero-order valence-electron chi connectivity index (χ0n) is 22.2. The Labute approximate surface area is 220 Å². The molecule has 2 aromatic carbocycles. The lowest BCUT2D eigenvalue weighted by Crippen LogP contribution is -2.49. The molecule has 6 heteroatoms. The average molecular weight is 500 g/mol. The first-order valence-corrected chi connectivity index (χ1v) is 13.5. The summed E-state index contributed by atoms with van der Waals surface area (Å²) in [6.45, 7) is 19.7. The number of allylic oxidation sites excluding steroid dienone is 1. The van der Waals surface area contributed by atoms with Gasteiger partial charge in [-0.25, -0.2) is 9.64 Å². The van der Waals surface area contributed by atoms with Crippen molar-refractivity contribution in [3.63, 3.8) is 0 Å². The number of fused-ring (bicyclic) bond motifs is 1. The van der Waals surface area contributed by atoms with E-state index < -0.39 is 11.4 Å². The van der Waals surface area contributed by atoms with Gasteiger partial charge in [0.05, 0.1) is 25.4 Å². The Morgan fingerprint density at radius 1 is 1.11 bits per heavy atom. The quantitative estimate of drug-likeness (QED) is 0.534. The predicted octanol–water partition coefficient (Wildman–Crippen LogP) is 5.47. The maximum absolute atomic E-state index is 12.4. The van der Waals surface area contributed by atoms with Crippen LogP contribution in [0.5, 0.6) is 0 Å². The topological polar surface area (TPSA) is 57.4 Å². The number of aryl methyl sites for hydroxylation is 1. The van der Waals surface area contributed by atoms with Crippen LogP contribution in [0.1, 0.15) is 55.9 Å². The second-order valence-electron chi connectivity index (χ2n) is 11.0. The van der Waals surface area contributed by atoms with Crippen molar-refractivity contribution in [2.75, 3.05) is 44.3 Å². The summed E-state index contributed by atoms with van der Waals surface area (Å²) in [7, 11) is 0. The van der Waals surface area contributed by atoms with Crippen LogP contribution in [0.25, 0.3) is 10.4 Å². The Morgan fingerprint density at radius 3 is 2.49 bits per heavy atom. The number of nitrogens with zero attached hydrogens (tertiary/aromatic N) is 3. The summed E-state index contributed by atoms with van der Waals surface area (Å²) in [5.74, 6) is -0.895. The van der Waals surface area contributed by atoms with Crippen molar-refractivity contribution in [2.24, 2.45) is 0 Å². The van der Waals surface area contributed by atoms with Crippen LogP contribution >= 0.6 is 0 Å². The molecule has 3 aliphatic rings. The molecule has 0 bridgehead atoms. The number of morpholine rings is 1. The van der Waals surface area contributed by atoms with Crippen LogP contribution < -0.4 is 4.90 Å². The summed E-state index contributed by atoms with van der Waals surface area (Å²) in [5.41, 5.74) is 6.85. The zero-order valence-corrected chi connectivity index (χ0v) is 22.2. The van der Waals surface area contributed by atoms with E-state index in [1.54, 1.807) is 12.1 Å². The Morgan fingerprint density at radius 2 is 1.84 bits per heavy atom. The van der Waals surface area contributed by atoms with Crippen LogP contribution in [0.2, 0.25) is 0 Å². The molecule has 2 saturated heterocycles. The molecule has 0 saturated carbocycles. The molecule has 2 aliphatic heterocycles. The fourth-order valence-electron chi connectivity index (χ4n) is 6.39. The number of carboxylic acid groups (broad SMARTS) is 1. The number of carbonyl (C=O) groups is 1. The van der Waals surface area contributed by atoms with Crippen molar-refractivity contribution in [3.8, 4) is 0 Å². The van der Waals surface area contributed by atoms with Crippen LogP contribution in [0.3, 0.4) is 0 Å². The largest absolute Gasteiger partial charge is 0.478 e. The highest BCUT2D eigenvalue weighted by Gasteiger charge is 2.37. The van der Waals surface area contributed by atoms with Crippen molar-refractivity contribution in [3.05, 3.63) is 75.6 Å². The minimum absolute atomic E-state index is 0.393. The van der Waals surface area contributed by atoms with E-state index in [0.29, 0.717) is 23.7 Å². The minimum atomic E-state index is -0.895. The zero-order chi connectivity index (χ0) is 26.2. The number of piperidine rings is 1. The molecule has 1 aliphatic carbocycles. The number of hydrogen-bond donors (Lipinski definition) is 1. The molecule has 2 aromatic rings. The van der Waals surface area contributed by atoms with Gasteiger partial charge in [0.15, 0.2) is 5.69 Å². The number of ether oxygens (including phenoxy) is 1. The number of rotatable bonds is 6. The average Bonchev–Trinajstić information content (AvgIpc) is 3.33. The number of aliphatic carboxylic acids is 1. The van der Waals surface area contributed by atoms with Gasteiger partial charge in [-0.15, -0.1) is 0 Å². The third-order valence-corrected chi connectivity index (χ3v) is 8.68. The summed E-state index contributed by atoms with van der Waals surface area (Å²) in [5, 5.41) is 10.2. The molecule has 0 unspecified atom stereocenters. The number of carboxylic acids is 1. The Kier molecular flexibility index (Phi) is 7.11. The monoisotopic (exact) mass is 499 g/mol. The third-order valence-electron chi connectivity index (χ3n) is 8.68. The van der Waals surface area contributed by atoms with Crippen LogP contribution in [0, 0.1) is 6.57 Å². The van der Waals surface area contributed by atoms with Gasteiger partial charge in [0.25, 0.3) is 0 Å². The summed E-state index contributed by atoms with van der Waals surface area (Å²) in [4.78, 5) is 21.1. The highest BCUT2D eigenvalue weighted by atomic mass is 16.5. The van der Waals surface area contributed by atoms with Gasteiger partial charge in [0.2, 0.25) is 0 Å². The molecule has 1 N–H and O–H groups in total. The first-order valence-electron chi connectivity index (χ1n) is 13.5. The number of anilines is 1. The fourth-order valence-corrected chi connectivity index (χ4v) is 6.39. The van der Waals surface area contributed by atoms with E-state index in [1.807, 2.05) is 6.07 Å². The van der Waals surface area contributed by atoms with Gasteiger partial charge in [-0.1, -0.05) is 51.1 Å². The molecular formula is C31H37N3O3. The maximum atomic E-state index is 12.4. The van der Waals surface area contributed by atoms with Crippen LogP contribution in [0.15, 0.2) is 42.0 Å². The molecular weight excluding hydrogens is 462 g/mol. The van der Waals surface area contributed by atoms with E-state index in [1.165, 1.54) is 11.3 Å². The van der Waals surface area contributed by atoms with Gasteiger partial charge in [0.1, 0.15) is 0 Å². The first kappa shape index (κ1) is 25.5. The third kappa shape index (κ3) is 4.79. The number of hydrogen-bond acceptors (Lipinski definition) is 4. The van der Waals surface area contributed by atoms with Gasteiger partial charge in [0, 0.05) is 43.3 Å².